The zero-order valence-electron chi connectivity index (χ0n) is 25.1. The number of allylic oxidation sites excluding steroid dienone is 2. The molecule has 3 atom stereocenters. The van der Waals surface area contributed by atoms with E-state index in [9.17, 15) is 14.6 Å². The minimum absolute atomic E-state index is 0. The number of hydrogen-bond donors (Lipinski definition) is 1. The summed E-state index contributed by atoms with van der Waals surface area (Å²) in [6.07, 6.45) is 11.8. The van der Waals surface area contributed by atoms with E-state index >= 15 is 0 Å². The number of alkyl halides is 1. The van der Waals surface area contributed by atoms with E-state index in [4.69, 9.17) is 16.6 Å². The molecule has 2 aliphatic rings. The maximum atomic E-state index is 14.5. The van der Waals surface area contributed by atoms with Gasteiger partial charge in [0.15, 0.2) is 0 Å². The van der Waals surface area contributed by atoms with E-state index in [0.717, 1.165) is 53.4 Å². The second-order valence-corrected chi connectivity index (χ2v) is 14.2. The quantitative estimate of drug-likeness (QED) is 0.201. The van der Waals surface area contributed by atoms with E-state index in [2.05, 4.69) is 51.4 Å². The van der Waals surface area contributed by atoms with Gasteiger partial charge in [0.2, 0.25) is 0 Å². The third-order valence-electron chi connectivity index (χ3n) is 8.17. The number of hydrogen-bond acceptors (Lipinski definition) is 4. The first kappa shape index (κ1) is 34.6. The van der Waals surface area contributed by atoms with Crippen LogP contribution in [0.3, 0.4) is 0 Å². The summed E-state index contributed by atoms with van der Waals surface area (Å²) in [5, 5.41) is 24.4. The largest absolute Gasteiger partial charge is 1.00 e. The second kappa shape index (κ2) is 14.9. The van der Waals surface area contributed by atoms with Crippen LogP contribution in [-0.4, -0.2) is 33.1 Å². The number of fused-ring (bicyclic) bond motifs is 1. The van der Waals surface area contributed by atoms with Gasteiger partial charge < -0.3 is 10.2 Å². The van der Waals surface area contributed by atoms with Crippen molar-refractivity contribution in [3.8, 4) is 0 Å². The fourth-order valence-electron chi connectivity index (χ4n) is 5.75. The Bertz CT molecular complexity index is 1570. The summed E-state index contributed by atoms with van der Waals surface area (Å²) in [7, 11) is 3.08. The molecule has 0 saturated heterocycles. The van der Waals surface area contributed by atoms with E-state index in [1.165, 1.54) is 11.1 Å². The minimum atomic E-state index is -0.935. The Hall–Kier alpha value is -1.27. The summed E-state index contributed by atoms with van der Waals surface area (Å²) in [4.78, 5) is 4.74. The molecule has 0 radical (unpaired) electrons. The monoisotopic (exact) mass is 643 g/mol. The molecule has 1 fully saturated rings. The molecular formula is C35H37ClFNNaO2PS. The fourth-order valence-corrected chi connectivity index (χ4v) is 7.83. The van der Waals surface area contributed by atoms with Gasteiger partial charge >= 0.3 is 29.6 Å². The Balaban J connectivity index is 0.00000423. The number of benzene rings is 2. The standard InChI is InChI=1S/C35H38ClFNO2PS.Na/c1-34(2,40)29-9-4-3-7-24(29)13-17-31(42-22-35(20-32(35)37)21-33(39)41)26-8-5-6-23(18-26)10-15-28-16-12-25-11-14-27(36)19-30(25)38-28;/h5-12,14-16,18-19,31-32,39-41H,3-4,13,17,20-22H2,1-2H3;/q;+1/p-1/b15-10+;/t31-,32+,35+;/m1./s1. The number of halogens is 2. The van der Waals surface area contributed by atoms with Gasteiger partial charge in [0.25, 0.3) is 0 Å². The summed E-state index contributed by atoms with van der Waals surface area (Å²) in [6, 6.07) is 18.2. The molecule has 5 rings (SSSR count). The van der Waals surface area contributed by atoms with Gasteiger partial charge in [0, 0.05) is 26.8 Å². The van der Waals surface area contributed by atoms with Gasteiger partial charge in [-0.2, -0.15) is 11.8 Å². The van der Waals surface area contributed by atoms with E-state index in [-0.39, 0.29) is 46.7 Å². The molecule has 0 spiro atoms. The van der Waals surface area contributed by atoms with Crippen molar-refractivity contribution in [3.63, 3.8) is 0 Å². The Kier molecular flexibility index (Phi) is 12.0. The topological polar surface area (TPSA) is 56.2 Å². The maximum absolute atomic E-state index is 14.5. The van der Waals surface area contributed by atoms with E-state index in [1.54, 1.807) is 11.8 Å². The summed E-state index contributed by atoms with van der Waals surface area (Å²) >= 11 is 7.91. The Morgan fingerprint density at radius 1 is 1.19 bits per heavy atom. The number of aliphatic hydroxyl groups is 1. The predicted octanol–water partition coefficient (Wildman–Crippen LogP) is 5.79. The smallest absolute Gasteiger partial charge is 0.827 e. The minimum Gasteiger partial charge on any atom is -0.827 e. The second-order valence-electron chi connectivity index (χ2n) is 12.0. The number of pyridine rings is 1. The van der Waals surface area contributed by atoms with Crippen LogP contribution >= 0.6 is 32.2 Å². The van der Waals surface area contributed by atoms with Gasteiger partial charge in [-0.05, 0) is 98.9 Å². The van der Waals surface area contributed by atoms with Gasteiger partial charge in [-0.1, -0.05) is 66.2 Å². The van der Waals surface area contributed by atoms with Crippen molar-refractivity contribution in [2.24, 2.45) is 5.41 Å². The Morgan fingerprint density at radius 2 is 1.93 bits per heavy atom. The molecule has 0 aliphatic heterocycles. The molecule has 3 nitrogen and oxygen atoms in total. The van der Waals surface area contributed by atoms with Gasteiger partial charge in [0.05, 0.1) is 16.8 Å². The van der Waals surface area contributed by atoms with Gasteiger partial charge in [-0.3, -0.25) is 0 Å². The number of aromatic nitrogens is 1. The molecule has 0 amide bonds. The van der Waals surface area contributed by atoms with Crippen LogP contribution in [0.2, 0.25) is 5.02 Å². The van der Waals surface area contributed by atoms with Gasteiger partial charge in [0.1, 0.15) is 6.17 Å². The summed E-state index contributed by atoms with van der Waals surface area (Å²) < 4.78 is 14.5. The molecule has 1 aromatic heterocycles. The third kappa shape index (κ3) is 9.15. The third-order valence-corrected chi connectivity index (χ3v) is 10.2. The van der Waals surface area contributed by atoms with Crippen molar-refractivity contribution < 1.29 is 44.2 Å². The fraction of sp³-hybridized carbons (Fsp3) is 0.371. The first-order chi connectivity index (χ1) is 20.0. The molecule has 0 unspecified atom stereocenters. The molecule has 1 N–H and O–H groups in total. The molecule has 0 bridgehead atoms. The Labute approximate surface area is 288 Å². The van der Waals surface area contributed by atoms with Crippen molar-refractivity contribution in [1.29, 1.82) is 0 Å². The van der Waals surface area contributed by atoms with Crippen LogP contribution in [0.1, 0.15) is 74.4 Å². The zero-order valence-corrected chi connectivity index (χ0v) is 29.6. The van der Waals surface area contributed by atoms with Crippen molar-refractivity contribution in [2.75, 3.05) is 5.75 Å². The normalized spacial score (nSPS) is 20.8. The molecule has 2 aromatic carbocycles. The van der Waals surface area contributed by atoms with Crippen molar-refractivity contribution in [1.82, 2.24) is 4.98 Å². The Morgan fingerprint density at radius 3 is 2.65 bits per heavy atom. The number of nitrogens with zero attached hydrogens (tertiary/aromatic N) is 1. The molecule has 3 aromatic rings. The van der Waals surface area contributed by atoms with Crippen molar-refractivity contribution >= 4 is 60.8 Å². The molecule has 43 heavy (non-hydrogen) atoms. The van der Waals surface area contributed by atoms with Gasteiger partial charge in [-0.15, -0.1) is 14.3 Å². The van der Waals surface area contributed by atoms with Crippen LogP contribution in [0.5, 0.6) is 0 Å². The van der Waals surface area contributed by atoms with Crippen LogP contribution < -0.4 is 34.7 Å². The van der Waals surface area contributed by atoms with Gasteiger partial charge in [-0.25, -0.2) is 9.37 Å². The average Bonchev–Trinajstić information content (AvgIpc) is 3.58. The average molecular weight is 644 g/mol. The molecular weight excluding hydrogens is 607 g/mol. The molecule has 8 heteroatoms. The summed E-state index contributed by atoms with van der Waals surface area (Å²) in [6.45, 7) is 3.68. The first-order valence-corrected chi connectivity index (χ1v) is 16.4. The molecule has 1 saturated carbocycles. The SMILES string of the molecule is CC(C)(O)C1=CCCC=C1CC[C@@H](SC[C@@]1(CC([O-])=P)C[C@@H]1F)c1cccc(/C=C/c2ccc3ccc(Cl)cc3n2)c1.[Na+]. The van der Waals surface area contributed by atoms with Crippen LogP contribution in [0.25, 0.3) is 23.1 Å². The van der Waals surface area contributed by atoms with Crippen LogP contribution in [0.4, 0.5) is 4.39 Å². The zero-order chi connectivity index (χ0) is 29.9. The van der Waals surface area contributed by atoms with E-state index in [0.29, 0.717) is 17.2 Å². The summed E-state index contributed by atoms with van der Waals surface area (Å²) in [5.41, 5.74) is 4.51. The predicted molar refractivity (Wildman–Crippen MR) is 178 cm³/mol. The van der Waals surface area contributed by atoms with Crippen LogP contribution in [0, 0.1) is 5.41 Å². The van der Waals surface area contributed by atoms with E-state index < -0.39 is 17.2 Å². The van der Waals surface area contributed by atoms with Crippen LogP contribution in [0.15, 0.2) is 77.9 Å². The van der Waals surface area contributed by atoms with Crippen molar-refractivity contribution in [3.05, 3.63) is 99.7 Å². The maximum Gasteiger partial charge on any atom is 1.00 e. The van der Waals surface area contributed by atoms with E-state index in [1.807, 2.05) is 50.3 Å². The molecule has 220 valence electrons. The summed E-state index contributed by atoms with van der Waals surface area (Å²) in [5.74, 6) is 0.589. The first-order valence-electron chi connectivity index (χ1n) is 14.5. The number of rotatable bonds is 12. The molecule has 2 aliphatic carbocycles. The van der Waals surface area contributed by atoms with Crippen LogP contribution in [-0.2, 0) is 0 Å². The van der Waals surface area contributed by atoms with Crippen molar-refractivity contribution in [2.45, 2.75) is 69.4 Å². The number of thioether (sulfide) groups is 1. The molecule has 1 heterocycles.